The van der Waals surface area contributed by atoms with Crippen molar-refractivity contribution in [2.75, 3.05) is 19.5 Å². The van der Waals surface area contributed by atoms with E-state index in [4.69, 9.17) is 15.2 Å². The zero-order valence-corrected chi connectivity index (χ0v) is 12.8. The minimum Gasteiger partial charge on any atom is -0.387 e. The lowest BCUT2D eigenvalue weighted by Crippen LogP contribution is -2.43. The molecule has 0 aromatic carbocycles. The molecule has 3 heterocycles. The summed E-state index contributed by atoms with van der Waals surface area (Å²) in [7, 11) is 1.54. The zero-order chi connectivity index (χ0) is 16.8. The molecule has 10 nitrogen and oxygen atoms in total. The molecule has 1 fully saturated rings. The molecule has 0 unspecified atom stereocenters. The third-order valence-electron chi connectivity index (χ3n) is 4.06. The molecule has 1 aliphatic rings. The molecule has 3 rings (SSSR count). The summed E-state index contributed by atoms with van der Waals surface area (Å²) in [6.07, 6.45) is -0.964. The fourth-order valence-electron chi connectivity index (χ4n) is 2.82. The van der Waals surface area contributed by atoms with Gasteiger partial charge in [0, 0.05) is 13.7 Å². The van der Waals surface area contributed by atoms with E-state index >= 15 is 0 Å². The Balaban J connectivity index is 2.03. The number of hydrogen-bond donors (Lipinski definition) is 4. The maximum Gasteiger partial charge on any atom is 0.280 e. The highest BCUT2D eigenvalue weighted by Crippen LogP contribution is 2.40. The summed E-state index contributed by atoms with van der Waals surface area (Å²) in [6.45, 7) is 1.83. The minimum absolute atomic E-state index is 0.0710. The Kier molecular flexibility index (Phi) is 3.84. The quantitative estimate of drug-likeness (QED) is 0.545. The van der Waals surface area contributed by atoms with Crippen LogP contribution in [0.15, 0.2) is 11.1 Å². The van der Waals surface area contributed by atoms with Crippen LogP contribution in [0, 0.1) is 0 Å². The second-order valence-electron chi connectivity index (χ2n) is 5.75. The average Bonchev–Trinajstić information content (AvgIpc) is 2.98. The standard InChI is InChI=1S/C13H19N5O5/c1-13(21)8(19)6(3-4-22-2)23-11(13)18-5-15-7-9(18)16-12(14)17-10(7)20/h5-6,8,11,19,21H,3-4H2,1-2H3,(H3,14,16,17,20)/t6-,8-,11-,13-/m1/s1. The molecule has 23 heavy (non-hydrogen) atoms. The van der Waals surface area contributed by atoms with Gasteiger partial charge in [-0.25, -0.2) is 4.98 Å². The van der Waals surface area contributed by atoms with Gasteiger partial charge in [0.05, 0.1) is 12.4 Å². The molecule has 0 radical (unpaired) electrons. The number of aromatic amines is 1. The smallest absolute Gasteiger partial charge is 0.280 e. The zero-order valence-electron chi connectivity index (χ0n) is 12.8. The number of anilines is 1. The van der Waals surface area contributed by atoms with Gasteiger partial charge in [0.1, 0.15) is 11.7 Å². The third-order valence-corrected chi connectivity index (χ3v) is 4.06. The molecule has 1 aliphatic heterocycles. The van der Waals surface area contributed by atoms with Crippen LogP contribution in [-0.4, -0.2) is 61.3 Å². The predicted octanol–water partition coefficient (Wildman–Crippen LogP) is -1.25. The first kappa shape index (κ1) is 15.9. The molecule has 1 saturated heterocycles. The van der Waals surface area contributed by atoms with Gasteiger partial charge < -0.3 is 25.4 Å². The van der Waals surface area contributed by atoms with Crippen molar-refractivity contribution in [2.24, 2.45) is 0 Å². The van der Waals surface area contributed by atoms with Gasteiger partial charge in [-0.2, -0.15) is 4.98 Å². The SMILES string of the molecule is COCC[C@H]1O[C@@H](n2cnc3c(=O)[nH]c(N)nc32)[C@](C)(O)[C@@H]1O. The van der Waals surface area contributed by atoms with Crippen molar-refractivity contribution >= 4 is 17.1 Å². The van der Waals surface area contributed by atoms with Crippen molar-refractivity contribution in [1.82, 2.24) is 19.5 Å². The second-order valence-corrected chi connectivity index (χ2v) is 5.75. The number of rotatable bonds is 4. The van der Waals surface area contributed by atoms with Crippen molar-refractivity contribution in [3.8, 4) is 0 Å². The Morgan fingerprint density at radius 1 is 1.61 bits per heavy atom. The predicted molar refractivity (Wildman–Crippen MR) is 79.6 cm³/mol. The number of nitrogens with two attached hydrogens (primary N) is 1. The number of H-pyrrole nitrogens is 1. The van der Waals surface area contributed by atoms with E-state index in [-0.39, 0.29) is 17.1 Å². The number of hydrogen-bond acceptors (Lipinski definition) is 8. The summed E-state index contributed by atoms with van der Waals surface area (Å²) in [5.74, 6) is -0.0710. The van der Waals surface area contributed by atoms with E-state index in [1.54, 1.807) is 7.11 Å². The van der Waals surface area contributed by atoms with E-state index in [1.165, 1.54) is 17.8 Å². The molecule has 0 amide bonds. The Bertz CT molecular complexity index is 770. The summed E-state index contributed by atoms with van der Waals surface area (Å²) in [6, 6.07) is 0. The maximum absolute atomic E-state index is 11.8. The summed E-state index contributed by atoms with van der Waals surface area (Å²) in [4.78, 5) is 22.2. The number of nitrogen functional groups attached to an aromatic ring is 1. The van der Waals surface area contributed by atoms with E-state index in [0.717, 1.165) is 0 Å². The van der Waals surface area contributed by atoms with Crippen LogP contribution in [0.5, 0.6) is 0 Å². The van der Waals surface area contributed by atoms with Crippen molar-refractivity contribution < 1.29 is 19.7 Å². The molecule has 5 N–H and O–H groups in total. The molecular weight excluding hydrogens is 306 g/mol. The third kappa shape index (κ3) is 2.49. The van der Waals surface area contributed by atoms with E-state index in [2.05, 4.69) is 15.0 Å². The van der Waals surface area contributed by atoms with Gasteiger partial charge in [-0.15, -0.1) is 0 Å². The van der Waals surface area contributed by atoms with Crippen LogP contribution in [-0.2, 0) is 9.47 Å². The van der Waals surface area contributed by atoms with Crippen molar-refractivity contribution in [2.45, 2.75) is 37.4 Å². The van der Waals surface area contributed by atoms with Crippen LogP contribution in [0.25, 0.3) is 11.2 Å². The second kappa shape index (κ2) is 5.57. The number of fused-ring (bicyclic) bond motifs is 1. The molecule has 126 valence electrons. The van der Waals surface area contributed by atoms with Gasteiger partial charge in [-0.1, -0.05) is 0 Å². The fourth-order valence-corrected chi connectivity index (χ4v) is 2.82. The topological polar surface area (TPSA) is 149 Å². The van der Waals surface area contributed by atoms with Gasteiger partial charge in [0.15, 0.2) is 17.4 Å². The van der Waals surface area contributed by atoms with Gasteiger partial charge in [0.25, 0.3) is 5.56 Å². The first-order chi connectivity index (χ1) is 10.9. The van der Waals surface area contributed by atoms with E-state index < -0.39 is 29.6 Å². The maximum atomic E-state index is 11.8. The number of nitrogens with zero attached hydrogens (tertiary/aromatic N) is 3. The van der Waals surface area contributed by atoms with Crippen molar-refractivity contribution in [1.29, 1.82) is 0 Å². The highest BCUT2D eigenvalue weighted by atomic mass is 16.6. The summed E-state index contributed by atoms with van der Waals surface area (Å²) in [5, 5.41) is 21.0. The number of aliphatic hydroxyl groups is 2. The van der Waals surface area contributed by atoms with Crippen LogP contribution in [0.1, 0.15) is 19.6 Å². The highest BCUT2D eigenvalue weighted by Gasteiger charge is 2.53. The van der Waals surface area contributed by atoms with Gasteiger partial charge >= 0.3 is 0 Å². The minimum atomic E-state index is -1.59. The number of ether oxygens (including phenoxy) is 2. The number of aliphatic hydroxyl groups excluding tert-OH is 1. The fraction of sp³-hybridized carbons (Fsp3) is 0.615. The van der Waals surface area contributed by atoms with Crippen LogP contribution in [0.2, 0.25) is 0 Å². The van der Waals surface area contributed by atoms with Crippen LogP contribution in [0.3, 0.4) is 0 Å². The lowest BCUT2D eigenvalue weighted by molar-refractivity contribution is -0.0943. The Morgan fingerprint density at radius 3 is 3.04 bits per heavy atom. The van der Waals surface area contributed by atoms with Crippen LogP contribution >= 0.6 is 0 Å². The number of nitrogens with one attached hydrogen (secondary N) is 1. The molecule has 4 atom stereocenters. The monoisotopic (exact) mass is 325 g/mol. The Labute approximate surface area is 130 Å². The first-order valence-corrected chi connectivity index (χ1v) is 7.13. The summed E-state index contributed by atoms with van der Waals surface area (Å²) in [5.41, 5.74) is 3.74. The van der Waals surface area contributed by atoms with Crippen molar-refractivity contribution in [3.05, 3.63) is 16.7 Å². The van der Waals surface area contributed by atoms with E-state index in [1.807, 2.05) is 0 Å². The molecule has 0 saturated carbocycles. The molecule has 10 heteroatoms. The molecule has 0 aliphatic carbocycles. The van der Waals surface area contributed by atoms with Crippen LogP contribution < -0.4 is 11.3 Å². The summed E-state index contributed by atoms with van der Waals surface area (Å²) >= 11 is 0. The normalized spacial score (nSPS) is 31.0. The lowest BCUT2D eigenvalue weighted by Gasteiger charge is -2.27. The molecule has 0 spiro atoms. The van der Waals surface area contributed by atoms with Gasteiger partial charge in [0.2, 0.25) is 5.95 Å². The average molecular weight is 325 g/mol. The Hall–Kier alpha value is -2.01. The van der Waals surface area contributed by atoms with Gasteiger partial charge in [-0.05, 0) is 13.3 Å². The number of methoxy groups -OCH3 is 1. The van der Waals surface area contributed by atoms with Crippen molar-refractivity contribution in [3.63, 3.8) is 0 Å². The summed E-state index contributed by atoms with van der Waals surface area (Å²) < 4.78 is 12.2. The Morgan fingerprint density at radius 2 is 2.35 bits per heavy atom. The molecular formula is C13H19N5O5. The number of aromatic nitrogens is 4. The molecule has 2 aromatic rings. The van der Waals surface area contributed by atoms with E-state index in [9.17, 15) is 15.0 Å². The molecule has 0 bridgehead atoms. The number of imidazole rings is 1. The van der Waals surface area contributed by atoms with Gasteiger partial charge in [-0.3, -0.25) is 14.3 Å². The highest BCUT2D eigenvalue weighted by molar-refractivity contribution is 5.70. The largest absolute Gasteiger partial charge is 0.387 e. The van der Waals surface area contributed by atoms with Crippen LogP contribution in [0.4, 0.5) is 5.95 Å². The lowest BCUT2D eigenvalue weighted by atomic mass is 9.95. The first-order valence-electron chi connectivity index (χ1n) is 7.13. The van der Waals surface area contributed by atoms with E-state index in [0.29, 0.717) is 13.0 Å². The molecule has 2 aromatic heterocycles.